The van der Waals surface area contributed by atoms with Gasteiger partial charge in [-0.05, 0) is 30.3 Å². The van der Waals surface area contributed by atoms with E-state index in [9.17, 15) is 9.90 Å². The van der Waals surface area contributed by atoms with E-state index < -0.39 is 5.63 Å². The fourth-order valence-corrected chi connectivity index (χ4v) is 2.14. The Morgan fingerprint density at radius 1 is 1.05 bits per heavy atom. The van der Waals surface area contributed by atoms with E-state index in [0.717, 1.165) is 5.39 Å². The first-order chi connectivity index (χ1) is 9.69. The zero-order chi connectivity index (χ0) is 14.1. The summed E-state index contributed by atoms with van der Waals surface area (Å²) >= 11 is 0. The average molecular weight is 266 g/mol. The molecule has 1 aromatic heterocycles. The first-order valence-corrected chi connectivity index (χ1v) is 5.98. The highest BCUT2D eigenvalue weighted by molar-refractivity contribution is 6.05. The maximum atomic E-state index is 11.9. The Kier molecular flexibility index (Phi) is 2.90. The third-order valence-electron chi connectivity index (χ3n) is 3.01. The molecule has 0 saturated carbocycles. The van der Waals surface area contributed by atoms with Gasteiger partial charge in [-0.2, -0.15) is 0 Å². The monoisotopic (exact) mass is 266 g/mol. The van der Waals surface area contributed by atoms with Crippen molar-refractivity contribution in [3.63, 3.8) is 0 Å². The molecule has 2 N–H and O–H groups in total. The highest BCUT2D eigenvalue weighted by Gasteiger charge is 2.08. The van der Waals surface area contributed by atoms with Gasteiger partial charge < -0.3 is 14.6 Å². The van der Waals surface area contributed by atoms with Gasteiger partial charge in [0, 0.05) is 22.4 Å². The van der Waals surface area contributed by atoms with Crippen molar-refractivity contribution >= 4 is 21.7 Å². The lowest BCUT2D eigenvalue weighted by atomic mass is 10.0. The molecule has 98 valence electrons. The van der Waals surface area contributed by atoms with E-state index in [1.54, 1.807) is 24.3 Å². The Morgan fingerprint density at radius 2 is 1.85 bits per heavy atom. The molecule has 0 unspecified atom stereocenters. The molecular formula is C16H10O4. The number of phenols is 1. The van der Waals surface area contributed by atoms with Gasteiger partial charge in [-0.25, -0.2) is 4.79 Å². The minimum absolute atomic E-state index is 0.0382. The van der Waals surface area contributed by atoms with Crippen LogP contribution in [0.25, 0.3) is 21.7 Å². The number of aromatic hydroxyl groups is 1. The van der Waals surface area contributed by atoms with Crippen molar-refractivity contribution in [1.82, 2.24) is 0 Å². The molecule has 0 saturated heterocycles. The Bertz CT molecular complexity index is 926. The van der Waals surface area contributed by atoms with Crippen molar-refractivity contribution in [1.29, 1.82) is 0 Å². The van der Waals surface area contributed by atoms with E-state index in [2.05, 4.69) is 11.8 Å². The van der Waals surface area contributed by atoms with Crippen molar-refractivity contribution in [2.45, 2.75) is 0 Å². The van der Waals surface area contributed by atoms with Crippen molar-refractivity contribution in [3.8, 4) is 17.6 Å². The maximum Gasteiger partial charge on any atom is 0.344 e. The van der Waals surface area contributed by atoms with Gasteiger partial charge in [-0.1, -0.05) is 11.8 Å². The molecule has 1 heterocycles. The van der Waals surface area contributed by atoms with Gasteiger partial charge in [0.2, 0.25) is 0 Å². The van der Waals surface area contributed by atoms with Crippen LogP contribution in [0.2, 0.25) is 0 Å². The lowest BCUT2D eigenvalue weighted by Crippen LogP contribution is -1.99. The molecule has 20 heavy (non-hydrogen) atoms. The average Bonchev–Trinajstić information content (AvgIpc) is 2.44. The van der Waals surface area contributed by atoms with Crippen LogP contribution in [0.3, 0.4) is 0 Å². The topological polar surface area (TPSA) is 70.7 Å². The van der Waals surface area contributed by atoms with Gasteiger partial charge in [-0.15, -0.1) is 0 Å². The van der Waals surface area contributed by atoms with Gasteiger partial charge in [0.05, 0.1) is 5.39 Å². The van der Waals surface area contributed by atoms with Crippen LogP contribution in [0.15, 0.2) is 45.6 Å². The smallest absolute Gasteiger partial charge is 0.344 e. The molecule has 0 aliphatic carbocycles. The maximum absolute atomic E-state index is 11.9. The fraction of sp³-hybridized carbons (Fsp3) is 0.0625. The second-order valence-electron chi connectivity index (χ2n) is 4.29. The number of hydrogen-bond acceptors (Lipinski definition) is 4. The summed E-state index contributed by atoms with van der Waals surface area (Å²) in [6.45, 7) is -0.219. The molecule has 0 amide bonds. The summed E-state index contributed by atoms with van der Waals surface area (Å²) in [6.07, 6.45) is 0. The molecule has 2 aromatic carbocycles. The number of benzene rings is 2. The molecule has 0 fully saturated rings. The number of fused-ring (bicyclic) bond motifs is 3. The minimum atomic E-state index is -0.459. The quantitative estimate of drug-likeness (QED) is 0.371. The lowest BCUT2D eigenvalue weighted by molar-refractivity contribution is 0.350. The van der Waals surface area contributed by atoms with Crippen LogP contribution in [-0.2, 0) is 0 Å². The molecule has 3 rings (SSSR count). The predicted octanol–water partition coefficient (Wildman–Crippen LogP) is 2.00. The Hall–Kier alpha value is -2.77. The number of rotatable bonds is 0. The van der Waals surface area contributed by atoms with Crippen LogP contribution in [0, 0.1) is 11.8 Å². The second-order valence-corrected chi connectivity index (χ2v) is 4.29. The fourth-order valence-electron chi connectivity index (χ4n) is 2.14. The summed E-state index contributed by atoms with van der Waals surface area (Å²) in [5, 5.41) is 20.1. The number of phenolic OH excluding ortho intramolecular Hbond substituents is 1. The molecule has 0 aliphatic heterocycles. The molecule has 4 heteroatoms. The lowest BCUT2D eigenvalue weighted by Gasteiger charge is -2.03. The Balaban J connectivity index is 2.41. The zero-order valence-electron chi connectivity index (χ0n) is 10.4. The van der Waals surface area contributed by atoms with Crippen LogP contribution in [0.1, 0.15) is 5.56 Å². The summed E-state index contributed by atoms with van der Waals surface area (Å²) in [4.78, 5) is 11.9. The molecule has 0 atom stereocenters. The molecule has 0 aliphatic rings. The van der Waals surface area contributed by atoms with E-state index in [0.29, 0.717) is 21.9 Å². The van der Waals surface area contributed by atoms with Crippen molar-refractivity contribution in [3.05, 3.63) is 52.4 Å². The first kappa shape index (κ1) is 12.3. The van der Waals surface area contributed by atoms with Crippen molar-refractivity contribution in [2.75, 3.05) is 6.61 Å². The number of hydrogen-bond donors (Lipinski definition) is 2. The summed E-state index contributed by atoms with van der Waals surface area (Å²) in [7, 11) is 0. The van der Waals surface area contributed by atoms with Crippen molar-refractivity contribution < 1.29 is 14.6 Å². The van der Waals surface area contributed by atoms with E-state index >= 15 is 0 Å². The van der Waals surface area contributed by atoms with E-state index in [-0.39, 0.29) is 12.4 Å². The minimum Gasteiger partial charge on any atom is -0.508 e. The molecule has 3 aromatic rings. The van der Waals surface area contributed by atoms with Gasteiger partial charge in [0.15, 0.2) is 0 Å². The van der Waals surface area contributed by atoms with E-state index in [4.69, 9.17) is 9.52 Å². The Morgan fingerprint density at radius 3 is 2.65 bits per heavy atom. The number of aliphatic hydroxyl groups is 1. The summed E-state index contributed by atoms with van der Waals surface area (Å²) < 4.78 is 5.19. The first-order valence-electron chi connectivity index (χ1n) is 5.98. The molecule has 0 spiro atoms. The molecule has 4 nitrogen and oxygen atoms in total. The van der Waals surface area contributed by atoms with Crippen LogP contribution in [-0.4, -0.2) is 16.8 Å². The zero-order valence-corrected chi connectivity index (χ0v) is 10.4. The molecule has 0 radical (unpaired) electrons. The van der Waals surface area contributed by atoms with Gasteiger partial charge >= 0.3 is 5.63 Å². The van der Waals surface area contributed by atoms with Crippen LogP contribution in [0.5, 0.6) is 5.75 Å². The second kappa shape index (κ2) is 4.72. The number of aliphatic hydroxyl groups excluding tert-OH is 1. The van der Waals surface area contributed by atoms with Gasteiger partial charge in [0.25, 0.3) is 0 Å². The summed E-state index contributed by atoms with van der Waals surface area (Å²) in [5.41, 5.74) is 0.570. The molecular weight excluding hydrogens is 256 g/mol. The van der Waals surface area contributed by atoms with Gasteiger partial charge in [0.1, 0.15) is 17.9 Å². The van der Waals surface area contributed by atoms with Crippen molar-refractivity contribution in [2.24, 2.45) is 0 Å². The van der Waals surface area contributed by atoms with Gasteiger partial charge in [-0.3, -0.25) is 0 Å². The SMILES string of the molecule is O=c1oc2cc(O)ccc2c2cc(C#CCO)ccc12. The summed E-state index contributed by atoms with van der Waals surface area (Å²) in [5.74, 6) is 5.40. The highest BCUT2D eigenvalue weighted by Crippen LogP contribution is 2.26. The van der Waals surface area contributed by atoms with Crippen LogP contribution < -0.4 is 5.63 Å². The van der Waals surface area contributed by atoms with E-state index in [1.165, 1.54) is 12.1 Å². The van der Waals surface area contributed by atoms with Crippen LogP contribution >= 0.6 is 0 Å². The summed E-state index contributed by atoms with van der Waals surface area (Å²) in [6, 6.07) is 9.76. The predicted molar refractivity (Wildman–Crippen MR) is 75.6 cm³/mol. The van der Waals surface area contributed by atoms with E-state index in [1.807, 2.05) is 0 Å². The highest BCUT2D eigenvalue weighted by atomic mass is 16.4. The Labute approximate surface area is 113 Å². The third kappa shape index (κ3) is 2.00. The molecule has 0 bridgehead atoms. The largest absolute Gasteiger partial charge is 0.508 e. The third-order valence-corrected chi connectivity index (χ3v) is 3.01. The van der Waals surface area contributed by atoms with Crippen LogP contribution in [0.4, 0.5) is 0 Å². The standard InChI is InChI=1S/C16H10O4/c17-7-1-2-10-3-5-13-14(8-10)12-6-4-11(18)9-15(12)20-16(13)19/h3-6,8-9,17-18H,7H2. The normalized spacial score (nSPS) is 10.4.